The molecular weight excluding hydrogens is 790 g/mol. The van der Waals surface area contributed by atoms with E-state index in [1.54, 1.807) is 17.5 Å². The molecule has 0 bridgehead atoms. The van der Waals surface area contributed by atoms with Crippen LogP contribution in [0.1, 0.15) is 57.4 Å². The van der Waals surface area contributed by atoms with Gasteiger partial charge in [0.05, 0.1) is 8.68 Å². The SMILES string of the molecule is CCC(CCCC1CCN(Sc2cc(Br)c(Cl)s2)CC1)CCNc1ncc(SN[C@@H](Cc2cc(F)cc(F)c2)C(=O)O)cc1Br. The molecule has 45 heavy (non-hydrogen) atoms. The van der Waals surface area contributed by atoms with Gasteiger partial charge < -0.3 is 10.4 Å². The van der Waals surface area contributed by atoms with E-state index in [1.165, 1.54) is 36.3 Å². The number of rotatable bonds is 17. The molecule has 3 N–H and O–H groups in total. The van der Waals surface area contributed by atoms with Gasteiger partial charge in [-0.1, -0.05) is 44.2 Å². The van der Waals surface area contributed by atoms with Crippen LogP contribution < -0.4 is 10.0 Å². The standard InChI is InChI=1S/C31H37Br2ClF2N4O2S3/c1-2-19(4-3-5-20-7-10-40(11-8-20)45-28-17-25(32)29(34)43-28)6-9-37-30-26(33)16-24(18-38-30)44-39-27(31(41)42)14-21-12-22(35)15-23(36)13-21/h12-13,15-20,27,39H,2-11,14H2,1H3,(H,37,38)(H,41,42)/t19?,27-/m0/s1. The molecule has 1 aliphatic heterocycles. The van der Waals surface area contributed by atoms with E-state index in [1.807, 2.05) is 18.0 Å². The number of hydrogen-bond donors (Lipinski definition) is 3. The van der Waals surface area contributed by atoms with E-state index >= 15 is 0 Å². The van der Waals surface area contributed by atoms with E-state index in [2.05, 4.69) is 64.2 Å². The number of piperidine rings is 1. The molecule has 6 nitrogen and oxygen atoms in total. The van der Waals surface area contributed by atoms with Crippen molar-refractivity contribution in [1.82, 2.24) is 14.0 Å². The quantitative estimate of drug-likeness (QED) is 0.116. The van der Waals surface area contributed by atoms with Gasteiger partial charge in [-0.2, -0.15) is 0 Å². The number of benzene rings is 1. The topological polar surface area (TPSA) is 77.5 Å². The van der Waals surface area contributed by atoms with Crippen molar-refractivity contribution in [3.63, 3.8) is 0 Å². The third kappa shape index (κ3) is 12.2. The highest BCUT2D eigenvalue weighted by molar-refractivity contribution is 9.11. The average molecular weight is 827 g/mol. The average Bonchev–Trinajstić information content (AvgIpc) is 3.31. The first-order valence-corrected chi connectivity index (χ1v) is 19.3. The summed E-state index contributed by atoms with van der Waals surface area (Å²) in [6.07, 6.45) is 10.1. The van der Waals surface area contributed by atoms with Crippen LogP contribution in [0.3, 0.4) is 0 Å². The van der Waals surface area contributed by atoms with Crippen molar-refractivity contribution in [3.8, 4) is 0 Å². The highest BCUT2D eigenvalue weighted by Crippen LogP contribution is 2.40. The molecule has 0 saturated carbocycles. The number of carboxylic acid groups (broad SMARTS) is 1. The number of halogens is 5. The van der Waals surface area contributed by atoms with E-state index in [4.69, 9.17) is 11.6 Å². The van der Waals surface area contributed by atoms with E-state index < -0.39 is 23.6 Å². The molecule has 1 saturated heterocycles. The second-order valence-corrected chi connectivity index (χ2v) is 16.8. The Morgan fingerprint density at radius 2 is 1.89 bits per heavy atom. The maximum absolute atomic E-state index is 13.5. The van der Waals surface area contributed by atoms with Gasteiger partial charge in [-0.05, 0) is 123 Å². The van der Waals surface area contributed by atoms with Crippen LogP contribution in [-0.2, 0) is 11.2 Å². The van der Waals surface area contributed by atoms with Crippen molar-refractivity contribution in [2.45, 2.75) is 73.4 Å². The molecule has 1 aromatic carbocycles. The minimum absolute atomic E-state index is 0.0627. The maximum atomic E-state index is 13.5. The lowest BCUT2D eigenvalue weighted by Crippen LogP contribution is -2.34. The van der Waals surface area contributed by atoms with Crippen molar-refractivity contribution in [2.24, 2.45) is 11.8 Å². The second-order valence-electron chi connectivity index (χ2n) is 11.2. The van der Waals surface area contributed by atoms with Gasteiger partial charge in [0.15, 0.2) is 0 Å². The Kier molecular flexibility index (Phi) is 15.2. The van der Waals surface area contributed by atoms with Crippen molar-refractivity contribution in [1.29, 1.82) is 0 Å². The fourth-order valence-electron chi connectivity index (χ4n) is 5.32. The zero-order valence-corrected chi connectivity index (χ0v) is 31.2. The van der Waals surface area contributed by atoms with E-state index in [-0.39, 0.29) is 12.0 Å². The Balaban J connectivity index is 1.14. The summed E-state index contributed by atoms with van der Waals surface area (Å²) < 4.78 is 36.2. The zero-order chi connectivity index (χ0) is 32.3. The third-order valence-corrected chi connectivity index (χ3v) is 13.0. The Bertz CT molecular complexity index is 1380. The van der Waals surface area contributed by atoms with Gasteiger partial charge in [0.1, 0.15) is 27.8 Å². The van der Waals surface area contributed by atoms with Crippen molar-refractivity contribution >= 4 is 90.5 Å². The molecule has 3 aromatic rings. The number of aliphatic carboxylic acids is 1. The molecule has 2 aromatic heterocycles. The van der Waals surface area contributed by atoms with E-state index in [0.29, 0.717) is 10.8 Å². The fraction of sp³-hybridized carbons (Fsp3) is 0.484. The maximum Gasteiger partial charge on any atom is 0.321 e. The number of carbonyl (C=O) groups is 1. The number of hydrogen-bond acceptors (Lipinski definition) is 8. The summed E-state index contributed by atoms with van der Waals surface area (Å²) in [7, 11) is 0. The molecule has 0 amide bonds. The van der Waals surface area contributed by atoms with Gasteiger partial charge in [-0.25, -0.2) is 22.8 Å². The molecule has 14 heteroatoms. The molecule has 1 fully saturated rings. The van der Waals surface area contributed by atoms with Gasteiger partial charge in [-0.15, -0.1) is 11.3 Å². The molecule has 3 heterocycles. The first-order valence-electron chi connectivity index (χ1n) is 15.0. The summed E-state index contributed by atoms with van der Waals surface area (Å²) >= 11 is 17.8. The minimum atomic E-state index is -1.11. The summed E-state index contributed by atoms with van der Waals surface area (Å²) in [6.45, 7) is 5.32. The number of nitrogens with one attached hydrogen (secondary N) is 2. The number of carboxylic acids is 1. The van der Waals surface area contributed by atoms with Crippen molar-refractivity contribution in [3.05, 3.63) is 67.0 Å². The Labute approximate surface area is 298 Å². The van der Waals surface area contributed by atoms with Crippen molar-refractivity contribution in [2.75, 3.05) is 25.0 Å². The fourth-order valence-corrected chi connectivity index (χ4v) is 9.96. The lowest BCUT2D eigenvalue weighted by atomic mass is 9.89. The van der Waals surface area contributed by atoms with Crippen LogP contribution in [-0.4, -0.2) is 46.0 Å². The molecule has 0 aliphatic carbocycles. The number of nitrogens with zero attached hydrogens (tertiary/aromatic N) is 2. The highest BCUT2D eigenvalue weighted by atomic mass is 79.9. The first-order chi connectivity index (χ1) is 21.6. The van der Waals surface area contributed by atoms with E-state index in [9.17, 15) is 18.7 Å². The van der Waals surface area contributed by atoms with Crippen LogP contribution >= 0.6 is 78.7 Å². The number of anilines is 1. The van der Waals surface area contributed by atoms with Gasteiger partial charge in [0.2, 0.25) is 0 Å². The van der Waals surface area contributed by atoms with Crippen LogP contribution in [0.2, 0.25) is 4.34 Å². The Morgan fingerprint density at radius 1 is 1.16 bits per heavy atom. The Morgan fingerprint density at radius 3 is 2.51 bits per heavy atom. The van der Waals surface area contributed by atoms with Crippen LogP contribution in [0.15, 0.2) is 54.6 Å². The summed E-state index contributed by atoms with van der Waals surface area (Å²) in [5.41, 5.74) is 0.266. The van der Waals surface area contributed by atoms with Crippen LogP contribution in [0.5, 0.6) is 0 Å². The van der Waals surface area contributed by atoms with Crippen LogP contribution in [0, 0.1) is 23.5 Å². The summed E-state index contributed by atoms with van der Waals surface area (Å²) in [5.74, 6) is -0.386. The highest BCUT2D eigenvalue weighted by Gasteiger charge is 2.22. The summed E-state index contributed by atoms with van der Waals surface area (Å²) in [6, 6.07) is 5.97. The van der Waals surface area contributed by atoms with Crippen LogP contribution in [0.25, 0.3) is 0 Å². The molecule has 0 spiro atoms. The van der Waals surface area contributed by atoms with Crippen LogP contribution in [0.4, 0.5) is 14.6 Å². The lowest BCUT2D eigenvalue weighted by molar-refractivity contribution is -0.138. The second kappa shape index (κ2) is 18.6. The number of pyridine rings is 1. The normalized spacial score (nSPS) is 15.7. The predicted molar refractivity (Wildman–Crippen MR) is 190 cm³/mol. The smallest absolute Gasteiger partial charge is 0.321 e. The van der Waals surface area contributed by atoms with E-state index in [0.717, 1.165) is 87.6 Å². The van der Waals surface area contributed by atoms with Crippen molar-refractivity contribution < 1.29 is 18.7 Å². The molecule has 4 rings (SSSR count). The number of aromatic nitrogens is 1. The van der Waals surface area contributed by atoms with Gasteiger partial charge in [0.25, 0.3) is 0 Å². The minimum Gasteiger partial charge on any atom is -0.480 e. The monoisotopic (exact) mass is 824 g/mol. The molecule has 0 radical (unpaired) electrons. The lowest BCUT2D eigenvalue weighted by Gasteiger charge is -2.30. The molecule has 246 valence electrons. The summed E-state index contributed by atoms with van der Waals surface area (Å²) in [4.78, 5) is 17.0. The molecule has 1 unspecified atom stereocenters. The predicted octanol–water partition coefficient (Wildman–Crippen LogP) is 10.3. The van der Waals surface area contributed by atoms with Gasteiger partial charge in [0, 0.05) is 41.3 Å². The largest absolute Gasteiger partial charge is 0.480 e. The molecular formula is C31H37Br2ClF2N4O2S3. The van der Waals surface area contributed by atoms with Gasteiger partial charge in [-0.3, -0.25) is 4.79 Å². The first kappa shape index (κ1) is 36.9. The van der Waals surface area contributed by atoms with Gasteiger partial charge >= 0.3 is 5.97 Å². The molecule has 2 atom stereocenters. The molecule has 1 aliphatic rings. The number of thiophene rings is 1. The third-order valence-electron chi connectivity index (χ3n) is 7.86. The summed E-state index contributed by atoms with van der Waals surface area (Å²) in [5, 5.41) is 13.0. The Hall–Kier alpha value is -0.930. The zero-order valence-electron chi connectivity index (χ0n) is 24.8.